The topological polar surface area (TPSA) is 72.7 Å². The number of carbonyl (C=O) groups excluding carboxylic acids is 1. The van der Waals surface area contributed by atoms with E-state index in [0.717, 1.165) is 0 Å². The third-order valence-electron chi connectivity index (χ3n) is 3.47. The minimum atomic E-state index is -2.93. The number of hydrogen-bond donors (Lipinski definition) is 0. The van der Waals surface area contributed by atoms with Gasteiger partial charge in [-0.3, -0.25) is 14.9 Å². The van der Waals surface area contributed by atoms with Gasteiger partial charge >= 0.3 is 6.61 Å². The third kappa shape index (κ3) is 4.85. The highest BCUT2D eigenvalue weighted by Gasteiger charge is 2.15. The molecule has 2 aromatic rings. The van der Waals surface area contributed by atoms with Gasteiger partial charge in [-0.2, -0.15) is 8.78 Å². The summed E-state index contributed by atoms with van der Waals surface area (Å²) in [5, 5.41) is 11.2. The van der Waals surface area contributed by atoms with Gasteiger partial charge in [-0.15, -0.1) is 0 Å². The Labute approximate surface area is 148 Å². The second kappa shape index (κ2) is 8.19. The summed E-state index contributed by atoms with van der Waals surface area (Å²) in [5.74, 6) is -0.414. The Bertz CT molecular complexity index is 834. The molecule has 8 heteroatoms. The molecule has 136 valence electrons. The van der Waals surface area contributed by atoms with E-state index in [0.29, 0.717) is 11.3 Å². The average Bonchev–Trinajstić information content (AvgIpc) is 2.59. The van der Waals surface area contributed by atoms with Crippen molar-refractivity contribution in [3.05, 3.63) is 69.8 Å². The zero-order chi connectivity index (χ0) is 19.3. The Morgan fingerprint density at radius 2 is 1.85 bits per heavy atom. The van der Waals surface area contributed by atoms with Crippen LogP contribution in [0, 0.1) is 10.1 Å². The number of anilines is 1. The highest BCUT2D eigenvalue weighted by molar-refractivity contribution is 6.06. The predicted molar refractivity (Wildman–Crippen MR) is 93.9 cm³/mol. The standard InChI is InChI=1S/C18H16F2N2O4/c1-21(2)15-9-3-12(11-16(15)22(24)25)4-10-17(23)13-5-7-14(8-6-13)26-18(19)20/h3-11,18H,1-2H3/b10-4+. The molecule has 2 aromatic carbocycles. The molecule has 0 atom stereocenters. The van der Waals surface area contributed by atoms with E-state index in [4.69, 9.17) is 0 Å². The van der Waals surface area contributed by atoms with Gasteiger partial charge in [0.2, 0.25) is 0 Å². The van der Waals surface area contributed by atoms with Gasteiger partial charge in [0.05, 0.1) is 4.92 Å². The smallest absolute Gasteiger partial charge is 0.387 e. The predicted octanol–water partition coefficient (Wildman–Crippen LogP) is 4.16. The van der Waals surface area contributed by atoms with Gasteiger partial charge in [-0.25, -0.2) is 0 Å². The summed E-state index contributed by atoms with van der Waals surface area (Å²) >= 11 is 0. The van der Waals surface area contributed by atoms with E-state index in [2.05, 4.69) is 4.74 Å². The van der Waals surface area contributed by atoms with Crippen molar-refractivity contribution < 1.29 is 23.2 Å². The van der Waals surface area contributed by atoms with Crippen molar-refractivity contribution in [1.82, 2.24) is 0 Å². The molecule has 0 radical (unpaired) electrons. The van der Waals surface area contributed by atoms with Crippen molar-refractivity contribution in [2.75, 3.05) is 19.0 Å². The molecule has 0 aliphatic carbocycles. The molecule has 26 heavy (non-hydrogen) atoms. The monoisotopic (exact) mass is 362 g/mol. The number of hydrogen-bond acceptors (Lipinski definition) is 5. The fraction of sp³-hybridized carbons (Fsp3) is 0.167. The minimum absolute atomic E-state index is 0.0459. The maximum absolute atomic E-state index is 12.1. The summed E-state index contributed by atoms with van der Waals surface area (Å²) in [6.45, 7) is -2.93. The van der Waals surface area contributed by atoms with Crippen molar-refractivity contribution in [3.8, 4) is 5.75 Å². The number of alkyl halides is 2. The van der Waals surface area contributed by atoms with Crippen LogP contribution in [0.3, 0.4) is 0 Å². The maximum Gasteiger partial charge on any atom is 0.387 e. The Morgan fingerprint density at radius 1 is 1.19 bits per heavy atom. The Morgan fingerprint density at radius 3 is 2.38 bits per heavy atom. The molecule has 0 unspecified atom stereocenters. The van der Waals surface area contributed by atoms with E-state index in [1.54, 1.807) is 31.1 Å². The number of nitro groups is 1. The number of halogens is 2. The van der Waals surface area contributed by atoms with Gasteiger partial charge < -0.3 is 9.64 Å². The second-order valence-corrected chi connectivity index (χ2v) is 5.50. The Balaban J connectivity index is 2.17. The highest BCUT2D eigenvalue weighted by Crippen LogP contribution is 2.28. The van der Waals surface area contributed by atoms with Crippen LogP contribution in [0.1, 0.15) is 15.9 Å². The van der Waals surface area contributed by atoms with Crippen LogP contribution < -0.4 is 9.64 Å². The quantitative estimate of drug-likeness (QED) is 0.320. The van der Waals surface area contributed by atoms with E-state index in [9.17, 15) is 23.7 Å². The molecule has 0 heterocycles. The van der Waals surface area contributed by atoms with Gasteiger partial charge in [0.15, 0.2) is 5.78 Å². The van der Waals surface area contributed by atoms with Gasteiger partial charge in [0.25, 0.3) is 5.69 Å². The van der Waals surface area contributed by atoms with Crippen LogP contribution in [0.5, 0.6) is 5.75 Å². The zero-order valence-corrected chi connectivity index (χ0v) is 14.1. The molecule has 0 aliphatic rings. The number of rotatable bonds is 7. The van der Waals surface area contributed by atoms with E-state index >= 15 is 0 Å². The van der Waals surface area contributed by atoms with Crippen LogP contribution in [0.2, 0.25) is 0 Å². The van der Waals surface area contributed by atoms with E-state index < -0.39 is 11.5 Å². The molecule has 0 amide bonds. The summed E-state index contributed by atoms with van der Waals surface area (Å²) in [5.41, 5.74) is 1.15. The number of nitro benzene ring substituents is 1. The SMILES string of the molecule is CN(C)c1ccc(/C=C/C(=O)c2ccc(OC(F)F)cc2)cc1[N+](=O)[O-]. The summed E-state index contributed by atoms with van der Waals surface area (Å²) in [4.78, 5) is 24.4. The number of ether oxygens (including phenoxy) is 1. The number of benzene rings is 2. The zero-order valence-electron chi connectivity index (χ0n) is 14.1. The van der Waals surface area contributed by atoms with Crippen LogP contribution in [-0.4, -0.2) is 31.4 Å². The van der Waals surface area contributed by atoms with Crippen LogP contribution >= 0.6 is 0 Å². The summed E-state index contributed by atoms with van der Waals surface area (Å²) < 4.78 is 28.4. The lowest BCUT2D eigenvalue weighted by molar-refractivity contribution is -0.384. The van der Waals surface area contributed by atoms with Crippen molar-refractivity contribution in [2.24, 2.45) is 0 Å². The van der Waals surface area contributed by atoms with E-state index in [-0.39, 0.29) is 22.8 Å². The van der Waals surface area contributed by atoms with Crippen molar-refractivity contribution in [2.45, 2.75) is 6.61 Å². The van der Waals surface area contributed by atoms with Crippen LogP contribution in [0.25, 0.3) is 6.08 Å². The first-order valence-electron chi connectivity index (χ1n) is 7.51. The van der Waals surface area contributed by atoms with Gasteiger partial charge in [0.1, 0.15) is 11.4 Å². The molecular formula is C18H16F2N2O4. The number of allylic oxidation sites excluding steroid dienone is 1. The van der Waals surface area contributed by atoms with Crippen LogP contribution in [-0.2, 0) is 0 Å². The first-order valence-corrected chi connectivity index (χ1v) is 7.51. The molecule has 0 spiro atoms. The lowest BCUT2D eigenvalue weighted by Crippen LogP contribution is -2.11. The maximum atomic E-state index is 12.1. The van der Waals surface area contributed by atoms with Crippen LogP contribution in [0.15, 0.2) is 48.5 Å². The van der Waals surface area contributed by atoms with E-state index in [1.807, 2.05) is 0 Å². The molecule has 0 bridgehead atoms. The third-order valence-corrected chi connectivity index (χ3v) is 3.47. The van der Waals surface area contributed by atoms with Gasteiger partial charge in [-0.05, 0) is 42.0 Å². The largest absolute Gasteiger partial charge is 0.435 e. The normalized spacial score (nSPS) is 11.0. The fourth-order valence-electron chi connectivity index (χ4n) is 2.24. The van der Waals surface area contributed by atoms with Crippen molar-refractivity contribution in [3.63, 3.8) is 0 Å². The van der Waals surface area contributed by atoms with Gasteiger partial charge in [0, 0.05) is 25.7 Å². The minimum Gasteiger partial charge on any atom is -0.435 e. The molecule has 0 aliphatic heterocycles. The van der Waals surface area contributed by atoms with E-state index in [1.165, 1.54) is 42.5 Å². The van der Waals surface area contributed by atoms with Crippen LogP contribution in [0.4, 0.5) is 20.2 Å². The molecule has 6 nitrogen and oxygen atoms in total. The lowest BCUT2D eigenvalue weighted by atomic mass is 10.1. The molecule has 2 rings (SSSR count). The Hall–Kier alpha value is -3.29. The molecular weight excluding hydrogens is 346 g/mol. The average molecular weight is 362 g/mol. The number of nitrogens with zero attached hydrogens (tertiary/aromatic N) is 2. The summed E-state index contributed by atoms with van der Waals surface area (Å²) in [7, 11) is 3.39. The molecule has 0 fully saturated rings. The molecule has 0 N–H and O–H groups in total. The highest BCUT2D eigenvalue weighted by atomic mass is 19.3. The molecule has 0 aromatic heterocycles. The number of carbonyl (C=O) groups is 1. The van der Waals surface area contributed by atoms with Gasteiger partial charge in [-0.1, -0.05) is 12.1 Å². The number of ketones is 1. The summed E-state index contributed by atoms with van der Waals surface area (Å²) in [6, 6.07) is 9.89. The lowest BCUT2D eigenvalue weighted by Gasteiger charge is -2.12. The summed E-state index contributed by atoms with van der Waals surface area (Å²) in [6.07, 6.45) is 2.72. The van der Waals surface area contributed by atoms with Crippen molar-refractivity contribution in [1.29, 1.82) is 0 Å². The first-order chi connectivity index (χ1) is 12.3. The second-order valence-electron chi connectivity index (χ2n) is 5.50. The first kappa shape index (κ1) is 19.0. The Kier molecular flexibility index (Phi) is 6.00. The fourth-order valence-corrected chi connectivity index (χ4v) is 2.24. The van der Waals surface area contributed by atoms with Crippen molar-refractivity contribution >= 4 is 23.2 Å². The molecule has 0 saturated heterocycles. The molecule has 0 saturated carbocycles.